The maximum atomic E-state index is 11.4. The molecule has 0 unspecified atom stereocenters. The molecule has 1 aliphatic heterocycles. The van der Waals surface area contributed by atoms with Crippen LogP contribution in [-0.2, 0) is 17.5 Å². The molecule has 1 atom stereocenters. The van der Waals surface area contributed by atoms with Crippen molar-refractivity contribution >= 4 is 17.0 Å². The lowest BCUT2D eigenvalue weighted by Gasteiger charge is -2.09. The molecule has 0 saturated carbocycles. The summed E-state index contributed by atoms with van der Waals surface area (Å²) in [4.78, 5) is 15.5. The van der Waals surface area contributed by atoms with E-state index in [4.69, 9.17) is 11.0 Å². The number of amides is 1. The number of ether oxygens (including phenoxy) is 1. The van der Waals surface area contributed by atoms with Gasteiger partial charge in [-0.2, -0.15) is 0 Å². The van der Waals surface area contributed by atoms with E-state index < -0.39 is 32.0 Å². The molecule has 0 bridgehead atoms. The van der Waals surface area contributed by atoms with Crippen molar-refractivity contribution < 1.29 is 20.5 Å². The zero-order chi connectivity index (χ0) is 21.8. The van der Waals surface area contributed by atoms with Gasteiger partial charge in [-0.1, -0.05) is 6.07 Å². The van der Waals surface area contributed by atoms with Crippen molar-refractivity contribution in [1.82, 2.24) is 15.2 Å². The molecule has 1 aromatic heterocycles. The first-order valence-electron chi connectivity index (χ1n) is 10.6. The minimum absolute atomic E-state index is 0.101. The van der Waals surface area contributed by atoms with Gasteiger partial charge in [-0.05, 0) is 50.1 Å². The summed E-state index contributed by atoms with van der Waals surface area (Å²) >= 11 is 0. The molecule has 0 aliphatic carbocycles. The van der Waals surface area contributed by atoms with Gasteiger partial charge in [0.1, 0.15) is 6.56 Å². The Morgan fingerprint density at radius 1 is 1.67 bits per heavy atom. The van der Waals surface area contributed by atoms with Crippen molar-refractivity contribution in [2.75, 3.05) is 27.1 Å². The standard InChI is InChI=1S/C16H21N3O2/c1-19(2)6-5-12-9-17-15-4-3-11(8-14(12)15)7-13-10-21-16(20)18-13/h3-4,8-9,13,17H,5-7,10H2,1-2H3,(H,18,20)/t13-/m0/s1/i1D3,7D2,9D,10D2. The van der Waals surface area contributed by atoms with Crippen molar-refractivity contribution in [3.63, 3.8) is 0 Å². The van der Waals surface area contributed by atoms with Crippen molar-refractivity contribution in [2.24, 2.45) is 0 Å². The highest BCUT2D eigenvalue weighted by atomic mass is 16.6. The zero-order valence-electron chi connectivity index (χ0n) is 19.5. The molecule has 1 saturated heterocycles. The molecule has 2 aromatic rings. The third-order valence-electron chi connectivity index (χ3n) is 3.23. The van der Waals surface area contributed by atoms with Crippen molar-refractivity contribution in [2.45, 2.75) is 18.8 Å². The highest BCUT2D eigenvalue weighted by Crippen LogP contribution is 2.21. The molecule has 5 heteroatoms. The van der Waals surface area contributed by atoms with Crippen molar-refractivity contribution in [3.8, 4) is 0 Å². The Bertz CT molecular complexity index is 940. The summed E-state index contributed by atoms with van der Waals surface area (Å²) in [6, 6.07) is 2.97. The van der Waals surface area contributed by atoms with E-state index in [0.717, 1.165) is 0 Å². The molecule has 21 heavy (non-hydrogen) atoms. The number of H-pyrrole nitrogens is 1. The van der Waals surface area contributed by atoms with E-state index in [0.29, 0.717) is 16.5 Å². The largest absolute Gasteiger partial charge is 0.447 e. The summed E-state index contributed by atoms with van der Waals surface area (Å²) in [7, 11) is 1.46. The van der Waals surface area contributed by atoms with E-state index in [9.17, 15) is 4.79 Å². The summed E-state index contributed by atoms with van der Waals surface area (Å²) in [5.41, 5.74) is 1.22. The van der Waals surface area contributed by atoms with Gasteiger partial charge >= 0.3 is 6.09 Å². The average Bonchev–Trinajstić information content (AvgIpc) is 3.05. The molecule has 0 radical (unpaired) electrons. The average molecular weight is 295 g/mol. The predicted octanol–water partition coefficient (Wildman–Crippen LogP) is 1.92. The molecule has 3 rings (SSSR count). The summed E-state index contributed by atoms with van der Waals surface area (Å²) in [5.74, 6) is 0. The van der Waals surface area contributed by atoms with Gasteiger partial charge in [0.15, 0.2) is 0 Å². The maximum Gasteiger partial charge on any atom is 0.407 e. The van der Waals surface area contributed by atoms with Crippen LogP contribution in [0.4, 0.5) is 4.79 Å². The molecular formula is C16H21N3O2. The Kier molecular flexibility index (Phi) is 2.01. The van der Waals surface area contributed by atoms with Crippen molar-refractivity contribution in [3.05, 3.63) is 35.5 Å². The van der Waals surface area contributed by atoms with Crippen LogP contribution in [0.2, 0.25) is 0 Å². The fourth-order valence-electron chi connectivity index (χ4n) is 2.20. The van der Waals surface area contributed by atoms with E-state index in [1.807, 2.05) is 0 Å². The van der Waals surface area contributed by atoms with Gasteiger partial charge in [0.25, 0.3) is 0 Å². The van der Waals surface area contributed by atoms with Crippen LogP contribution in [-0.4, -0.2) is 49.1 Å². The number of benzene rings is 1. The summed E-state index contributed by atoms with van der Waals surface area (Å²) < 4.78 is 67.3. The molecule has 0 spiro atoms. The summed E-state index contributed by atoms with van der Waals surface area (Å²) in [5, 5.41) is 2.73. The van der Waals surface area contributed by atoms with E-state index in [1.54, 1.807) is 6.07 Å². The molecule has 1 amide bonds. The number of aromatic nitrogens is 1. The summed E-state index contributed by atoms with van der Waals surface area (Å²) in [6.45, 7) is -4.62. The Labute approximate surface area is 135 Å². The topological polar surface area (TPSA) is 57.4 Å². The molecular weight excluding hydrogens is 266 g/mol. The third kappa shape index (κ3) is 3.19. The van der Waals surface area contributed by atoms with E-state index in [2.05, 4.69) is 15.0 Å². The van der Waals surface area contributed by atoms with Gasteiger partial charge in [0, 0.05) is 30.5 Å². The predicted molar refractivity (Wildman–Crippen MR) is 82.5 cm³/mol. The fourth-order valence-corrected chi connectivity index (χ4v) is 2.20. The second kappa shape index (κ2) is 5.77. The highest BCUT2D eigenvalue weighted by Gasteiger charge is 2.22. The maximum absolute atomic E-state index is 11.4. The van der Waals surface area contributed by atoms with Crippen LogP contribution in [0.25, 0.3) is 10.9 Å². The van der Waals surface area contributed by atoms with E-state index in [-0.39, 0.29) is 24.7 Å². The van der Waals surface area contributed by atoms with Gasteiger partial charge < -0.3 is 19.9 Å². The van der Waals surface area contributed by atoms with Crippen LogP contribution in [0.3, 0.4) is 0 Å². The number of aromatic amines is 1. The van der Waals surface area contributed by atoms with Gasteiger partial charge in [-0.15, -0.1) is 0 Å². The number of rotatable bonds is 5. The fraction of sp³-hybridized carbons (Fsp3) is 0.438. The molecule has 112 valence electrons. The summed E-state index contributed by atoms with van der Waals surface area (Å²) in [6.07, 6.45) is -2.97. The first-order valence-corrected chi connectivity index (χ1v) is 6.56. The minimum Gasteiger partial charge on any atom is -0.447 e. The molecule has 2 heterocycles. The number of alkyl carbamates (subject to hydrolysis) is 1. The lowest BCUT2D eigenvalue weighted by atomic mass is 10.0. The molecule has 1 aromatic carbocycles. The monoisotopic (exact) mass is 295 g/mol. The van der Waals surface area contributed by atoms with E-state index >= 15 is 0 Å². The Balaban J connectivity index is 1.96. The number of carbonyl (C=O) groups is 1. The lowest BCUT2D eigenvalue weighted by molar-refractivity contribution is 0.177. The quantitative estimate of drug-likeness (QED) is 0.886. The second-order valence-corrected chi connectivity index (χ2v) is 4.89. The van der Waals surface area contributed by atoms with Gasteiger partial charge in [0.2, 0.25) is 0 Å². The number of nitrogens with one attached hydrogen (secondary N) is 2. The number of cyclic esters (lactones) is 1. The Hall–Kier alpha value is -2.01. The van der Waals surface area contributed by atoms with Crippen LogP contribution in [0, 0.1) is 0 Å². The number of fused-ring (bicyclic) bond motifs is 1. The van der Waals surface area contributed by atoms with E-state index in [1.165, 1.54) is 24.1 Å². The van der Waals surface area contributed by atoms with Gasteiger partial charge in [0.05, 0.1) is 10.2 Å². The number of carbonyl (C=O) groups excluding carboxylic acids is 1. The smallest absolute Gasteiger partial charge is 0.407 e. The number of likely N-dealkylation sites (N-methyl/N-ethyl adjacent to an activating group) is 1. The van der Waals surface area contributed by atoms with Gasteiger partial charge in [-0.3, -0.25) is 0 Å². The lowest BCUT2D eigenvalue weighted by Crippen LogP contribution is -2.28. The highest BCUT2D eigenvalue weighted by molar-refractivity contribution is 5.84. The minimum atomic E-state index is -2.53. The van der Waals surface area contributed by atoms with Crippen LogP contribution in [0.1, 0.15) is 22.1 Å². The third-order valence-corrected chi connectivity index (χ3v) is 3.23. The van der Waals surface area contributed by atoms with Crippen LogP contribution < -0.4 is 5.32 Å². The molecule has 1 aliphatic rings. The first kappa shape index (κ1) is 7.31. The zero-order valence-corrected chi connectivity index (χ0v) is 11.5. The van der Waals surface area contributed by atoms with Crippen LogP contribution in [0.15, 0.2) is 24.4 Å². The number of hydrogen-bond acceptors (Lipinski definition) is 3. The SMILES string of the molecule is [2H]c1[nH]c2ccc(C([2H])([2H])[C@@H]3NC(=O)OC3([2H])[2H])cc2c1CCN(C)C([2H])([2H])[2H]. The Morgan fingerprint density at radius 2 is 2.57 bits per heavy atom. The molecule has 5 nitrogen and oxygen atoms in total. The Morgan fingerprint density at radius 3 is 3.33 bits per heavy atom. The molecule has 2 N–H and O–H groups in total. The number of hydrogen-bond donors (Lipinski definition) is 2. The van der Waals surface area contributed by atoms with Crippen LogP contribution in [0.5, 0.6) is 0 Å². The van der Waals surface area contributed by atoms with Crippen molar-refractivity contribution in [1.29, 1.82) is 0 Å². The second-order valence-electron chi connectivity index (χ2n) is 4.89. The first-order chi connectivity index (χ1) is 13.2. The van der Waals surface area contributed by atoms with Gasteiger partial charge in [-0.25, -0.2) is 4.79 Å². The number of nitrogens with zero attached hydrogens (tertiary/aromatic N) is 1. The van der Waals surface area contributed by atoms with Crippen LogP contribution >= 0.6 is 0 Å². The normalized spacial score (nSPS) is 27.5. The molecule has 1 fully saturated rings.